The third kappa shape index (κ3) is 4.00. The molecular formula is C18H18ClN5OS. The predicted molar refractivity (Wildman–Crippen MR) is 102 cm³/mol. The van der Waals surface area contributed by atoms with Crippen LogP contribution in [-0.4, -0.2) is 37.9 Å². The lowest BCUT2D eigenvalue weighted by molar-refractivity contribution is 0.196. The third-order valence-electron chi connectivity index (χ3n) is 4.51. The number of piperidine rings is 1. The second-order valence-corrected chi connectivity index (χ2v) is 7.71. The Balaban J connectivity index is 1.52. The third-order valence-corrected chi connectivity index (χ3v) is 5.59. The fourth-order valence-electron chi connectivity index (χ4n) is 3.32. The van der Waals surface area contributed by atoms with Gasteiger partial charge in [-0.3, -0.25) is 9.69 Å². The summed E-state index contributed by atoms with van der Waals surface area (Å²) in [5.41, 5.74) is 1.69. The Hall–Kier alpha value is -2.09. The zero-order valence-corrected chi connectivity index (χ0v) is 15.6. The molecule has 0 saturated carbocycles. The maximum Gasteiger partial charge on any atom is 0.251 e. The molecule has 134 valence electrons. The molecule has 0 amide bonds. The quantitative estimate of drug-likeness (QED) is 0.695. The van der Waals surface area contributed by atoms with Crippen molar-refractivity contribution >= 4 is 22.9 Å². The van der Waals surface area contributed by atoms with E-state index in [0.717, 1.165) is 54.4 Å². The van der Waals surface area contributed by atoms with Crippen molar-refractivity contribution in [3.63, 3.8) is 0 Å². The van der Waals surface area contributed by atoms with E-state index in [1.807, 2.05) is 17.5 Å². The summed E-state index contributed by atoms with van der Waals surface area (Å²) in [4.78, 5) is 31.2. The molecule has 1 aliphatic heterocycles. The summed E-state index contributed by atoms with van der Waals surface area (Å²) >= 11 is 7.35. The molecular weight excluding hydrogens is 370 g/mol. The van der Waals surface area contributed by atoms with Crippen LogP contribution in [0.1, 0.15) is 30.1 Å². The van der Waals surface area contributed by atoms with Crippen molar-refractivity contribution in [1.29, 1.82) is 0 Å². The maximum absolute atomic E-state index is 12.1. The van der Waals surface area contributed by atoms with E-state index in [9.17, 15) is 4.79 Å². The number of nitrogens with one attached hydrogen (secondary N) is 1. The van der Waals surface area contributed by atoms with Crippen LogP contribution in [0.15, 0.2) is 40.8 Å². The highest BCUT2D eigenvalue weighted by molar-refractivity contribution is 7.13. The number of thiophene rings is 1. The SMILES string of the molecule is O=c1cc(-c2cccs2)nc(C2CCCN(Cc3cnc(Cl)nc3)C2)[nH]1. The van der Waals surface area contributed by atoms with Gasteiger partial charge in [0.2, 0.25) is 5.28 Å². The number of aromatic amines is 1. The van der Waals surface area contributed by atoms with Crippen LogP contribution in [0.5, 0.6) is 0 Å². The van der Waals surface area contributed by atoms with Crippen LogP contribution >= 0.6 is 22.9 Å². The Kier molecular flexibility index (Phi) is 5.10. The molecule has 0 spiro atoms. The van der Waals surface area contributed by atoms with Gasteiger partial charge >= 0.3 is 0 Å². The minimum atomic E-state index is -0.0957. The maximum atomic E-state index is 12.1. The van der Waals surface area contributed by atoms with E-state index in [-0.39, 0.29) is 16.8 Å². The van der Waals surface area contributed by atoms with E-state index < -0.39 is 0 Å². The van der Waals surface area contributed by atoms with Crippen LogP contribution in [-0.2, 0) is 6.54 Å². The van der Waals surface area contributed by atoms with Gasteiger partial charge in [0, 0.05) is 43.0 Å². The Bertz CT molecular complexity index is 926. The summed E-state index contributed by atoms with van der Waals surface area (Å²) in [6, 6.07) is 5.53. The first-order valence-corrected chi connectivity index (χ1v) is 9.77. The van der Waals surface area contributed by atoms with Crippen LogP contribution in [0, 0.1) is 0 Å². The predicted octanol–water partition coefficient (Wildman–Crippen LogP) is 3.32. The number of likely N-dealkylation sites (tertiary alicyclic amines) is 1. The summed E-state index contributed by atoms with van der Waals surface area (Å²) in [6.07, 6.45) is 5.60. The molecule has 0 aliphatic carbocycles. The summed E-state index contributed by atoms with van der Waals surface area (Å²) in [5.74, 6) is 0.988. The van der Waals surface area contributed by atoms with E-state index in [1.165, 1.54) is 0 Å². The first-order valence-electron chi connectivity index (χ1n) is 8.51. The normalized spacial score (nSPS) is 18.1. The van der Waals surface area contributed by atoms with Gasteiger partial charge in [-0.15, -0.1) is 11.3 Å². The fourth-order valence-corrected chi connectivity index (χ4v) is 4.11. The first-order chi connectivity index (χ1) is 12.7. The highest BCUT2D eigenvalue weighted by Crippen LogP contribution is 2.27. The molecule has 4 rings (SSSR count). The topological polar surface area (TPSA) is 74.8 Å². The molecule has 1 atom stereocenters. The summed E-state index contributed by atoms with van der Waals surface area (Å²) in [6.45, 7) is 2.62. The minimum absolute atomic E-state index is 0.0957. The van der Waals surface area contributed by atoms with Gasteiger partial charge in [0.25, 0.3) is 5.56 Å². The molecule has 6 nitrogen and oxygen atoms in total. The lowest BCUT2D eigenvalue weighted by Crippen LogP contribution is -2.35. The largest absolute Gasteiger partial charge is 0.310 e. The van der Waals surface area contributed by atoms with Crippen molar-refractivity contribution in [3.8, 4) is 10.6 Å². The highest BCUT2D eigenvalue weighted by Gasteiger charge is 2.24. The molecule has 0 aromatic carbocycles. The molecule has 8 heteroatoms. The smallest absolute Gasteiger partial charge is 0.251 e. The highest BCUT2D eigenvalue weighted by atomic mass is 35.5. The standard InChI is InChI=1S/C18H18ClN5OS/c19-18-20-8-12(9-21-18)10-24-5-1-3-13(11-24)17-22-14(7-16(25)23-17)15-4-2-6-26-15/h2,4,6-9,13H,1,3,5,10-11H2,(H,22,23,25). The van der Waals surface area contributed by atoms with Gasteiger partial charge in [0.05, 0.1) is 10.6 Å². The number of halogens is 1. The molecule has 1 fully saturated rings. The number of hydrogen-bond donors (Lipinski definition) is 1. The number of rotatable bonds is 4. The summed E-state index contributed by atoms with van der Waals surface area (Å²) in [5, 5.41) is 2.26. The van der Waals surface area contributed by atoms with Crippen molar-refractivity contribution in [2.75, 3.05) is 13.1 Å². The van der Waals surface area contributed by atoms with Crippen LogP contribution in [0.25, 0.3) is 10.6 Å². The van der Waals surface area contributed by atoms with Crippen LogP contribution in [0.4, 0.5) is 0 Å². The van der Waals surface area contributed by atoms with Crippen LogP contribution < -0.4 is 5.56 Å². The number of hydrogen-bond acceptors (Lipinski definition) is 6. The molecule has 3 aromatic heterocycles. The van der Waals surface area contributed by atoms with Crippen molar-refractivity contribution in [3.05, 3.63) is 63.0 Å². The monoisotopic (exact) mass is 387 g/mol. The van der Waals surface area contributed by atoms with Gasteiger partial charge in [-0.2, -0.15) is 0 Å². The summed E-state index contributed by atoms with van der Waals surface area (Å²) in [7, 11) is 0. The van der Waals surface area contributed by atoms with E-state index in [0.29, 0.717) is 0 Å². The second kappa shape index (κ2) is 7.65. The molecule has 4 heterocycles. The summed E-state index contributed by atoms with van der Waals surface area (Å²) < 4.78 is 0. The molecule has 1 aliphatic rings. The number of aromatic nitrogens is 4. The fraction of sp³-hybridized carbons (Fsp3) is 0.333. The Morgan fingerprint density at radius 2 is 2.19 bits per heavy atom. The average molecular weight is 388 g/mol. The zero-order valence-electron chi connectivity index (χ0n) is 14.1. The van der Waals surface area contributed by atoms with Crippen molar-refractivity contribution in [1.82, 2.24) is 24.8 Å². The Morgan fingerprint density at radius 3 is 2.96 bits per heavy atom. The van der Waals surface area contributed by atoms with E-state index in [2.05, 4.69) is 19.9 Å². The van der Waals surface area contributed by atoms with Gasteiger partial charge in [0.15, 0.2) is 0 Å². The lowest BCUT2D eigenvalue weighted by Gasteiger charge is -2.32. The van der Waals surface area contributed by atoms with Gasteiger partial charge in [0.1, 0.15) is 5.82 Å². The van der Waals surface area contributed by atoms with Gasteiger partial charge < -0.3 is 4.98 Å². The molecule has 3 aromatic rings. The van der Waals surface area contributed by atoms with Gasteiger partial charge in [-0.05, 0) is 42.4 Å². The zero-order chi connectivity index (χ0) is 17.9. The molecule has 26 heavy (non-hydrogen) atoms. The number of H-pyrrole nitrogens is 1. The van der Waals surface area contributed by atoms with Crippen molar-refractivity contribution in [2.24, 2.45) is 0 Å². The molecule has 1 saturated heterocycles. The minimum Gasteiger partial charge on any atom is -0.310 e. The van der Waals surface area contributed by atoms with E-state index in [1.54, 1.807) is 29.8 Å². The van der Waals surface area contributed by atoms with Crippen molar-refractivity contribution in [2.45, 2.75) is 25.3 Å². The van der Waals surface area contributed by atoms with Gasteiger partial charge in [-0.25, -0.2) is 15.0 Å². The second-order valence-electron chi connectivity index (χ2n) is 6.43. The Labute approximate surface area is 159 Å². The van der Waals surface area contributed by atoms with Crippen LogP contribution in [0.2, 0.25) is 5.28 Å². The molecule has 1 N–H and O–H groups in total. The van der Waals surface area contributed by atoms with Crippen LogP contribution in [0.3, 0.4) is 0 Å². The lowest BCUT2D eigenvalue weighted by atomic mass is 9.96. The molecule has 1 unspecified atom stereocenters. The molecule has 0 radical (unpaired) electrons. The van der Waals surface area contributed by atoms with Crippen molar-refractivity contribution < 1.29 is 0 Å². The molecule has 0 bridgehead atoms. The first kappa shape index (κ1) is 17.3. The average Bonchev–Trinajstić information content (AvgIpc) is 3.18. The Morgan fingerprint density at radius 1 is 1.35 bits per heavy atom. The van der Waals surface area contributed by atoms with E-state index >= 15 is 0 Å². The van der Waals surface area contributed by atoms with E-state index in [4.69, 9.17) is 16.6 Å². The number of nitrogens with zero attached hydrogens (tertiary/aromatic N) is 4. The van der Waals surface area contributed by atoms with Gasteiger partial charge in [-0.1, -0.05) is 6.07 Å².